The Kier molecular flexibility index (Phi) is 4.34. The summed E-state index contributed by atoms with van der Waals surface area (Å²) in [6.45, 7) is 0. The van der Waals surface area contributed by atoms with Crippen LogP contribution in [0.5, 0.6) is 5.75 Å². The van der Waals surface area contributed by atoms with Crippen molar-refractivity contribution in [1.29, 1.82) is 0 Å². The van der Waals surface area contributed by atoms with E-state index in [1.807, 2.05) is 36.5 Å². The number of para-hydroxylation sites is 1. The number of methoxy groups -OCH3 is 1. The first kappa shape index (κ1) is 15.6. The zero-order chi connectivity index (χ0) is 17.1. The molecule has 1 N–H and O–H groups in total. The Morgan fingerprint density at radius 3 is 2.68 bits per heavy atom. The van der Waals surface area contributed by atoms with Gasteiger partial charge >= 0.3 is 0 Å². The molecule has 0 bridgehead atoms. The summed E-state index contributed by atoms with van der Waals surface area (Å²) in [6.07, 6.45) is 6.38. The van der Waals surface area contributed by atoms with Gasteiger partial charge in [0.2, 0.25) is 0 Å². The lowest BCUT2D eigenvalue weighted by Crippen LogP contribution is -2.09. The molecule has 0 saturated heterocycles. The number of aromatic nitrogens is 1. The highest BCUT2D eigenvalue weighted by Crippen LogP contribution is 2.33. The molecule has 4 rings (SSSR count). The highest BCUT2D eigenvalue weighted by molar-refractivity contribution is 5.94. The zero-order valence-electron chi connectivity index (χ0n) is 14.3. The number of anilines is 1. The van der Waals surface area contributed by atoms with E-state index in [4.69, 9.17) is 9.72 Å². The number of rotatable bonds is 4. The predicted octanol–water partition coefficient (Wildman–Crippen LogP) is 4.57. The minimum absolute atomic E-state index is 0.847. The summed E-state index contributed by atoms with van der Waals surface area (Å²) < 4.78 is 5.19. The van der Waals surface area contributed by atoms with Crippen LogP contribution in [0.25, 0.3) is 10.9 Å². The molecule has 126 valence electrons. The molecule has 0 unspecified atom stereocenters. The number of nitrogens with zero attached hydrogens (tertiary/aromatic N) is 2. The number of hydrogen-bond donors (Lipinski definition) is 1. The fraction of sp³-hybridized carbons (Fsp3) is 0.238. The van der Waals surface area contributed by atoms with Crippen LogP contribution in [-0.2, 0) is 12.8 Å². The second-order valence-corrected chi connectivity index (χ2v) is 6.28. The largest absolute Gasteiger partial charge is 0.497 e. The van der Waals surface area contributed by atoms with Crippen LogP contribution in [0.3, 0.4) is 0 Å². The topological polar surface area (TPSA) is 46.5 Å². The number of nitrogens with one attached hydrogen (secondary N) is 1. The zero-order valence-corrected chi connectivity index (χ0v) is 14.3. The van der Waals surface area contributed by atoms with Crippen LogP contribution >= 0.6 is 0 Å². The molecular formula is C21H21N3O. The average molecular weight is 331 g/mol. The van der Waals surface area contributed by atoms with Crippen molar-refractivity contribution in [2.24, 2.45) is 5.10 Å². The van der Waals surface area contributed by atoms with Gasteiger partial charge in [0.15, 0.2) is 0 Å². The van der Waals surface area contributed by atoms with Gasteiger partial charge in [0.1, 0.15) is 5.75 Å². The highest BCUT2D eigenvalue weighted by atomic mass is 16.5. The lowest BCUT2D eigenvalue weighted by molar-refractivity contribution is 0.415. The first-order chi connectivity index (χ1) is 12.3. The Hall–Kier alpha value is -2.88. The second-order valence-electron chi connectivity index (χ2n) is 6.28. The molecule has 1 aromatic heterocycles. The molecule has 0 amide bonds. The van der Waals surface area contributed by atoms with Crippen molar-refractivity contribution in [2.45, 2.75) is 25.7 Å². The Labute approximate surface area is 147 Å². The van der Waals surface area contributed by atoms with Crippen LogP contribution in [-0.4, -0.2) is 18.3 Å². The predicted molar refractivity (Wildman–Crippen MR) is 103 cm³/mol. The van der Waals surface area contributed by atoms with Crippen molar-refractivity contribution in [1.82, 2.24) is 4.98 Å². The monoisotopic (exact) mass is 331 g/mol. The molecule has 3 aromatic rings. The van der Waals surface area contributed by atoms with Crippen LogP contribution in [0.15, 0.2) is 53.6 Å². The third-order valence-electron chi connectivity index (χ3n) is 4.68. The summed E-state index contributed by atoms with van der Waals surface area (Å²) in [7, 11) is 1.67. The maximum Gasteiger partial charge on any atom is 0.118 e. The van der Waals surface area contributed by atoms with E-state index in [0.29, 0.717) is 0 Å². The van der Waals surface area contributed by atoms with E-state index in [2.05, 4.69) is 28.7 Å². The van der Waals surface area contributed by atoms with E-state index in [1.165, 1.54) is 24.1 Å². The molecule has 0 saturated carbocycles. The van der Waals surface area contributed by atoms with Crippen molar-refractivity contribution in [2.75, 3.05) is 12.5 Å². The van der Waals surface area contributed by atoms with Crippen molar-refractivity contribution in [3.05, 3.63) is 65.4 Å². The van der Waals surface area contributed by atoms with E-state index in [0.717, 1.165) is 40.7 Å². The number of hydrazone groups is 1. The molecule has 4 nitrogen and oxygen atoms in total. The smallest absolute Gasteiger partial charge is 0.118 e. The number of benzene rings is 2. The first-order valence-electron chi connectivity index (χ1n) is 8.69. The Morgan fingerprint density at radius 1 is 1.04 bits per heavy atom. The van der Waals surface area contributed by atoms with Crippen molar-refractivity contribution in [3.63, 3.8) is 0 Å². The summed E-state index contributed by atoms with van der Waals surface area (Å²) in [5.74, 6) is 0.847. The second kappa shape index (κ2) is 6.93. The van der Waals surface area contributed by atoms with E-state index in [-0.39, 0.29) is 0 Å². The van der Waals surface area contributed by atoms with Crippen LogP contribution in [0.1, 0.15) is 29.7 Å². The summed E-state index contributed by atoms with van der Waals surface area (Å²) >= 11 is 0. The Balaban J connectivity index is 1.66. The molecule has 1 aliphatic carbocycles. The number of pyridine rings is 1. The number of hydrogen-bond acceptors (Lipinski definition) is 4. The summed E-state index contributed by atoms with van der Waals surface area (Å²) in [6, 6.07) is 16.1. The summed E-state index contributed by atoms with van der Waals surface area (Å²) in [5.41, 5.74) is 8.99. The van der Waals surface area contributed by atoms with Gasteiger partial charge in [0.25, 0.3) is 0 Å². The van der Waals surface area contributed by atoms with Gasteiger partial charge in [-0.3, -0.25) is 10.4 Å². The van der Waals surface area contributed by atoms with Gasteiger partial charge in [-0.15, -0.1) is 0 Å². The van der Waals surface area contributed by atoms with E-state index in [9.17, 15) is 0 Å². The molecule has 1 aliphatic rings. The van der Waals surface area contributed by atoms with Gasteiger partial charge in [-0.05, 0) is 67.1 Å². The number of ether oxygens (including phenoxy) is 1. The third kappa shape index (κ3) is 3.20. The van der Waals surface area contributed by atoms with E-state index >= 15 is 0 Å². The van der Waals surface area contributed by atoms with Crippen LogP contribution < -0.4 is 10.2 Å². The molecule has 0 atom stereocenters. The Morgan fingerprint density at radius 2 is 1.84 bits per heavy atom. The molecule has 0 aliphatic heterocycles. The lowest BCUT2D eigenvalue weighted by Gasteiger charge is -2.20. The van der Waals surface area contributed by atoms with Gasteiger partial charge in [0.05, 0.1) is 24.5 Å². The SMILES string of the molecule is COc1ccc(/C=N/Nc2c3c(nc4ccccc24)CCCC3)cc1. The van der Waals surface area contributed by atoms with Crippen molar-refractivity contribution >= 4 is 22.8 Å². The highest BCUT2D eigenvalue weighted by Gasteiger charge is 2.17. The van der Waals surface area contributed by atoms with Crippen molar-refractivity contribution in [3.8, 4) is 5.75 Å². The molecule has 1 heterocycles. The third-order valence-corrected chi connectivity index (χ3v) is 4.68. The van der Waals surface area contributed by atoms with Crippen LogP contribution in [0.2, 0.25) is 0 Å². The average Bonchev–Trinajstić information content (AvgIpc) is 2.68. The molecule has 0 radical (unpaired) electrons. The van der Waals surface area contributed by atoms with Crippen molar-refractivity contribution < 1.29 is 4.74 Å². The molecule has 4 heteroatoms. The first-order valence-corrected chi connectivity index (χ1v) is 8.69. The summed E-state index contributed by atoms with van der Waals surface area (Å²) in [4.78, 5) is 4.86. The maximum atomic E-state index is 5.19. The van der Waals surface area contributed by atoms with Gasteiger partial charge in [0, 0.05) is 11.1 Å². The summed E-state index contributed by atoms with van der Waals surface area (Å²) in [5, 5.41) is 5.62. The Bertz CT molecular complexity index is 916. The minimum atomic E-state index is 0.847. The molecule has 25 heavy (non-hydrogen) atoms. The minimum Gasteiger partial charge on any atom is -0.497 e. The van der Waals surface area contributed by atoms with Gasteiger partial charge < -0.3 is 4.74 Å². The van der Waals surface area contributed by atoms with Crippen LogP contribution in [0, 0.1) is 0 Å². The molecule has 0 fully saturated rings. The standard InChI is InChI=1S/C21H21N3O/c1-25-16-12-10-15(11-13-16)14-22-24-21-17-6-2-4-8-19(17)23-20-9-5-3-7-18(20)21/h2,4,6,8,10-14H,3,5,7,9H2,1H3,(H,23,24)/b22-14+. The van der Waals surface area contributed by atoms with Crippen LogP contribution in [0.4, 0.5) is 5.69 Å². The molecule has 2 aromatic carbocycles. The number of fused-ring (bicyclic) bond motifs is 2. The molecule has 0 spiro atoms. The maximum absolute atomic E-state index is 5.19. The molecular weight excluding hydrogens is 310 g/mol. The fourth-order valence-corrected chi connectivity index (χ4v) is 3.36. The fourth-order valence-electron chi connectivity index (χ4n) is 3.36. The quantitative estimate of drug-likeness (QED) is 0.563. The van der Waals surface area contributed by atoms with E-state index in [1.54, 1.807) is 7.11 Å². The lowest BCUT2D eigenvalue weighted by atomic mass is 9.93. The normalized spacial score (nSPS) is 13.8. The van der Waals surface area contributed by atoms with E-state index < -0.39 is 0 Å². The number of aryl methyl sites for hydroxylation is 1. The van der Waals surface area contributed by atoms with Gasteiger partial charge in [-0.25, -0.2) is 0 Å². The van der Waals surface area contributed by atoms with Gasteiger partial charge in [-0.2, -0.15) is 5.10 Å². The van der Waals surface area contributed by atoms with Gasteiger partial charge in [-0.1, -0.05) is 18.2 Å².